The van der Waals surface area contributed by atoms with Crippen molar-refractivity contribution in [1.82, 2.24) is 4.57 Å². The maximum absolute atomic E-state index is 12.8. The minimum absolute atomic E-state index is 0. The summed E-state index contributed by atoms with van der Waals surface area (Å²) in [5, 5.41) is 2.57. The summed E-state index contributed by atoms with van der Waals surface area (Å²) in [6.45, 7) is 0.945. The van der Waals surface area contributed by atoms with Crippen molar-refractivity contribution in [3.63, 3.8) is 0 Å². The number of benzene rings is 2. The van der Waals surface area contributed by atoms with Crippen molar-refractivity contribution >= 4 is 11.6 Å². The number of nitrogens with zero attached hydrogens (tertiary/aromatic N) is 2. The predicted molar refractivity (Wildman–Crippen MR) is 98.5 cm³/mol. The van der Waals surface area contributed by atoms with Crippen molar-refractivity contribution in [3.05, 3.63) is 72.2 Å². The Morgan fingerprint density at radius 3 is 2.59 bits per heavy atom. The van der Waals surface area contributed by atoms with Crippen LogP contribution in [0.4, 0.5) is 18.9 Å². The summed E-state index contributed by atoms with van der Waals surface area (Å²) in [7, 11) is 0. The molecule has 0 spiro atoms. The van der Waals surface area contributed by atoms with Crippen LogP contribution in [0.5, 0.6) is 0 Å². The second-order valence-electron chi connectivity index (χ2n) is 6.81. The van der Waals surface area contributed by atoms with Crippen molar-refractivity contribution in [2.75, 3.05) is 5.32 Å². The van der Waals surface area contributed by atoms with E-state index in [0.29, 0.717) is 0 Å². The number of nitrogens with one attached hydrogen (secondary N) is 1. The largest absolute Gasteiger partial charge is 1.00 e. The van der Waals surface area contributed by atoms with Gasteiger partial charge in [0.25, 0.3) is 11.7 Å². The third-order valence-electron chi connectivity index (χ3n) is 4.85. The zero-order valence-electron chi connectivity index (χ0n) is 15.4. The summed E-state index contributed by atoms with van der Waals surface area (Å²) in [5.74, 6) is 0.697. The van der Waals surface area contributed by atoms with Crippen molar-refractivity contribution in [2.24, 2.45) is 0 Å². The molecule has 0 aliphatic carbocycles. The second kappa shape index (κ2) is 8.29. The molecule has 152 valence electrons. The second-order valence-corrected chi connectivity index (χ2v) is 6.81. The number of fused-ring (bicyclic) bond motifs is 1. The predicted octanol–water partition coefficient (Wildman–Crippen LogP) is 1.05. The molecule has 29 heavy (non-hydrogen) atoms. The van der Waals surface area contributed by atoms with Crippen LogP contribution in [0.2, 0.25) is 0 Å². The number of rotatable bonds is 4. The van der Waals surface area contributed by atoms with Crippen molar-refractivity contribution in [1.29, 1.82) is 0 Å². The van der Waals surface area contributed by atoms with E-state index in [1.807, 2.05) is 41.1 Å². The van der Waals surface area contributed by atoms with E-state index in [2.05, 4.69) is 9.88 Å². The van der Waals surface area contributed by atoms with Crippen LogP contribution in [0.15, 0.2) is 60.8 Å². The molecule has 4 nitrogen and oxygen atoms in total. The van der Waals surface area contributed by atoms with Crippen LogP contribution in [0.25, 0.3) is 11.3 Å². The molecule has 0 radical (unpaired) electrons. The van der Waals surface area contributed by atoms with Gasteiger partial charge in [-0.3, -0.25) is 4.79 Å². The van der Waals surface area contributed by atoms with Gasteiger partial charge in [0.15, 0.2) is 12.2 Å². The fraction of sp³-hybridized carbons (Fsp3) is 0.238. The van der Waals surface area contributed by atoms with Crippen molar-refractivity contribution in [2.45, 2.75) is 32.1 Å². The number of anilines is 1. The van der Waals surface area contributed by atoms with Crippen LogP contribution in [0, 0.1) is 0 Å². The van der Waals surface area contributed by atoms with Crippen LogP contribution in [0.1, 0.15) is 17.8 Å². The minimum Gasteiger partial charge on any atom is -1.00 e. The van der Waals surface area contributed by atoms with E-state index < -0.39 is 11.7 Å². The summed E-state index contributed by atoms with van der Waals surface area (Å²) in [5.41, 5.74) is 1.47. The molecule has 2 heterocycles. The Morgan fingerprint density at radius 1 is 1.10 bits per heavy atom. The number of halogens is 4. The SMILES string of the molecule is O=C(C[n+]1cc(-c2ccccc2)n2c1CCC2)Nc1cccc(C(F)(F)F)c1.[Cl-]. The Bertz CT molecular complexity index is 1020. The first-order chi connectivity index (χ1) is 13.4. The summed E-state index contributed by atoms with van der Waals surface area (Å²) in [6, 6.07) is 14.6. The van der Waals surface area contributed by atoms with Gasteiger partial charge in [-0.05, 0) is 24.6 Å². The molecule has 0 fully saturated rings. The molecule has 1 aliphatic rings. The monoisotopic (exact) mass is 421 g/mol. The molecule has 1 aromatic heterocycles. The molecule has 0 unspecified atom stereocenters. The van der Waals surface area contributed by atoms with Gasteiger partial charge in [-0.25, -0.2) is 9.13 Å². The fourth-order valence-corrected chi connectivity index (χ4v) is 3.61. The zero-order chi connectivity index (χ0) is 19.7. The Morgan fingerprint density at radius 2 is 1.86 bits per heavy atom. The van der Waals surface area contributed by atoms with Crippen LogP contribution in [-0.2, 0) is 30.5 Å². The number of alkyl halides is 3. The lowest BCUT2D eigenvalue weighted by molar-refractivity contribution is -0.690. The minimum atomic E-state index is -4.44. The first kappa shape index (κ1) is 20.9. The van der Waals surface area contributed by atoms with Crippen LogP contribution < -0.4 is 22.3 Å². The molecule has 0 atom stereocenters. The topological polar surface area (TPSA) is 37.9 Å². The van der Waals surface area contributed by atoms with E-state index >= 15 is 0 Å². The maximum Gasteiger partial charge on any atom is 0.416 e. The standard InChI is InChI=1S/C21H18F3N3O.ClH/c22-21(23,24)16-8-4-9-17(12-16)25-19(28)14-26-13-18(15-6-2-1-3-7-15)27-11-5-10-20(26)27;/h1-4,6-9,12-13H,5,10-11,14H2;1H. The molecule has 0 saturated heterocycles. The van der Waals surface area contributed by atoms with Gasteiger partial charge in [0.2, 0.25) is 0 Å². The molecule has 1 aliphatic heterocycles. The number of hydrogen-bond acceptors (Lipinski definition) is 1. The molecule has 1 N–H and O–H groups in total. The highest BCUT2D eigenvalue weighted by molar-refractivity contribution is 5.89. The molecule has 4 rings (SSSR count). The Balaban J connectivity index is 0.00000240. The molecule has 1 amide bonds. The molecule has 0 saturated carbocycles. The highest BCUT2D eigenvalue weighted by Crippen LogP contribution is 2.30. The van der Waals surface area contributed by atoms with E-state index in [-0.39, 0.29) is 30.5 Å². The number of imidazole rings is 1. The van der Waals surface area contributed by atoms with Gasteiger partial charge in [-0.1, -0.05) is 36.4 Å². The molecular formula is C21H19ClF3N3O. The fourth-order valence-electron chi connectivity index (χ4n) is 3.61. The van der Waals surface area contributed by atoms with Crippen LogP contribution >= 0.6 is 0 Å². The zero-order valence-corrected chi connectivity index (χ0v) is 16.2. The van der Waals surface area contributed by atoms with Crippen molar-refractivity contribution < 1.29 is 34.9 Å². The summed E-state index contributed by atoms with van der Waals surface area (Å²) in [4.78, 5) is 12.5. The quantitative estimate of drug-likeness (QED) is 0.628. The van der Waals surface area contributed by atoms with Gasteiger partial charge in [0.1, 0.15) is 6.20 Å². The highest BCUT2D eigenvalue weighted by atomic mass is 35.5. The summed E-state index contributed by atoms with van der Waals surface area (Å²) >= 11 is 0. The van der Waals surface area contributed by atoms with Crippen molar-refractivity contribution in [3.8, 4) is 11.3 Å². The Labute approximate surface area is 172 Å². The number of hydrogen-bond donors (Lipinski definition) is 1. The van der Waals surface area contributed by atoms with Gasteiger partial charge in [-0.15, -0.1) is 0 Å². The van der Waals surface area contributed by atoms with Gasteiger partial charge >= 0.3 is 6.18 Å². The van der Waals surface area contributed by atoms with Gasteiger partial charge in [-0.2, -0.15) is 13.2 Å². The maximum atomic E-state index is 12.8. The highest BCUT2D eigenvalue weighted by Gasteiger charge is 2.31. The lowest BCUT2D eigenvalue weighted by Crippen LogP contribution is -3.00. The lowest BCUT2D eigenvalue weighted by atomic mass is 10.2. The van der Waals surface area contributed by atoms with Crippen LogP contribution in [-0.4, -0.2) is 10.5 Å². The molecule has 2 aromatic carbocycles. The number of carbonyl (C=O) groups excluding carboxylic acids is 1. The van der Waals surface area contributed by atoms with Gasteiger partial charge < -0.3 is 17.7 Å². The first-order valence-corrected chi connectivity index (χ1v) is 9.06. The lowest BCUT2D eigenvalue weighted by Gasteiger charge is -2.09. The van der Waals surface area contributed by atoms with E-state index in [9.17, 15) is 18.0 Å². The average molecular weight is 422 g/mol. The van der Waals surface area contributed by atoms with Gasteiger partial charge in [0.05, 0.1) is 18.5 Å². The summed E-state index contributed by atoms with van der Waals surface area (Å²) < 4.78 is 42.6. The molecule has 3 aromatic rings. The number of carbonyl (C=O) groups is 1. The first-order valence-electron chi connectivity index (χ1n) is 9.06. The van der Waals surface area contributed by atoms with Crippen LogP contribution in [0.3, 0.4) is 0 Å². The third-order valence-corrected chi connectivity index (χ3v) is 4.85. The Kier molecular flexibility index (Phi) is 5.98. The normalized spacial score (nSPS) is 12.9. The van der Waals surface area contributed by atoms with Gasteiger partial charge in [0, 0.05) is 11.3 Å². The number of aromatic nitrogens is 2. The molecular weight excluding hydrogens is 403 g/mol. The average Bonchev–Trinajstić information content (AvgIpc) is 3.26. The number of amides is 1. The van der Waals surface area contributed by atoms with E-state index in [1.165, 1.54) is 12.1 Å². The molecule has 0 bridgehead atoms. The summed E-state index contributed by atoms with van der Waals surface area (Å²) in [6.07, 6.45) is -0.631. The molecule has 8 heteroatoms. The van der Waals surface area contributed by atoms with E-state index in [0.717, 1.165) is 48.6 Å². The third kappa shape index (κ3) is 4.45. The smallest absolute Gasteiger partial charge is 0.416 e. The van der Waals surface area contributed by atoms with E-state index in [1.54, 1.807) is 0 Å². The van der Waals surface area contributed by atoms with E-state index in [4.69, 9.17) is 0 Å². The Hall–Kier alpha value is -2.80.